The molecule has 0 heterocycles. The van der Waals surface area contributed by atoms with Crippen LogP contribution in [0, 0.1) is 11.6 Å². The molecule has 2 aromatic carbocycles. The molecule has 0 radical (unpaired) electrons. The summed E-state index contributed by atoms with van der Waals surface area (Å²) in [7, 11) is -3.28. The first kappa shape index (κ1) is 23.1. The fourth-order valence-corrected chi connectivity index (χ4v) is 5.80. The summed E-state index contributed by atoms with van der Waals surface area (Å²) in [5, 5.41) is -0.269. The van der Waals surface area contributed by atoms with Crippen LogP contribution in [0.3, 0.4) is 0 Å². The molecule has 164 valence electrons. The van der Waals surface area contributed by atoms with E-state index in [9.17, 15) is 17.2 Å². The molecule has 2 aromatic rings. The number of sulfonamides is 1. The van der Waals surface area contributed by atoms with Crippen molar-refractivity contribution in [1.29, 1.82) is 0 Å². The summed E-state index contributed by atoms with van der Waals surface area (Å²) in [6.07, 6.45) is 4.62. The maximum absolute atomic E-state index is 13.6. The zero-order valence-electron chi connectivity index (χ0n) is 16.6. The highest BCUT2D eigenvalue weighted by Crippen LogP contribution is 2.34. The molecule has 1 fully saturated rings. The molecule has 30 heavy (non-hydrogen) atoms. The van der Waals surface area contributed by atoms with E-state index < -0.39 is 21.7 Å². The van der Waals surface area contributed by atoms with Crippen LogP contribution in [0.1, 0.15) is 53.9 Å². The average Bonchev–Trinajstić information content (AvgIpc) is 2.63. The van der Waals surface area contributed by atoms with Gasteiger partial charge in [-0.3, -0.25) is 0 Å². The van der Waals surface area contributed by atoms with Gasteiger partial charge in [0.2, 0.25) is 10.0 Å². The normalized spacial score (nSPS) is 21.4. The highest BCUT2D eigenvalue weighted by atomic mass is 35.5. The number of fused-ring (bicyclic) bond motifs is 1. The van der Waals surface area contributed by atoms with E-state index in [-0.39, 0.29) is 36.2 Å². The van der Waals surface area contributed by atoms with Crippen LogP contribution in [0.2, 0.25) is 0 Å². The van der Waals surface area contributed by atoms with Gasteiger partial charge in [-0.15, -0.1) is 12.4 Å². The monoisotopic (exact) mass is 456 g/mol. The Morgan fingerprint density at radius 3 is 2.40 bits per heavy atom. The van der Waals surface area contributed by atoms with E-state index in [1.54, 1.807) is 6.07 Å². The average molecular weight is 457 g/mol. The lowest BCUT2D eigenvalue weighted by Gasteiger charge is -2.32. The van der Waals surface area contributed by atoms with Crippen LogP contribution >= 0.6 is 12.4 Å². The molecule has 4 nitrogen and oxygen atoms in total. The van der Waals surface area contributed by atoms with Crippen LogP contribution in [0.25, 0.3) is 0 Å². The van der Waals surface area contributed by atoms with Crippen LogP contribution in [0.4, 0.5) is 8.78 Å². The second-order valence-corrected chi connectivity index (χ2v) is 10.3. The summed E-state index contributed by atoms with van der Waals surface area (Å²) in [6.45, 7) is 0.249. The molecule has 1 saturated carbocycles. The molecule has 0 saturated heterocycles. The molecular weight excluding hydrogens is 430 g/mol. The Morgan fingerprint density at radius 2 is 1.73 bits per heavy atom. The molecule has 0 spiro atoms. The third kappa shape index (κ3) is 4.85. The first-order chi connectivity index (χ1) is 13.8. The van der Waals surface area contributed by atoms with Crippen LogP contribution in [0.5, 0.6) is 0 Å². The number of nitrogens with two attached hydrogens (primary N) is 1. The first-order valence-corrected chi connectivity index (χ1v) is 11.7. The second kappa shape index (κ2) is 9.30. The summed E-state index contributed by atoms with van der Waals surface area (Å²) in [5.74, 6) is -1.74. The number of aryl methyl sites for hydroxylation is 1. The highest BCUT2D eigenvalue weighted by molar-refractivity contribution is 7.90. The van der Waals surface area contributed by atoms with Gasteiger partial charge in [0.1, 0.15) is 0 Å². The molecule has 4 rings (SSSR count). The predicted octanol–water partition coefficient (Wildman–Crippen LogP) is 3.96. The van der Waals surface area contributed by atoms with Gasteiger partial charge in [0.25, 0.3) is 0 Å². The summed E-state index contributed by atoms with van der Waals surface area (Å²) < 4.78 is 54.2. The van der Waals surface area contributed by atoms with Gasteiger partial charge < -0.3 is 5.73 Å². The van der Waals surface area contributed by atoms with E-state index >= 15 is 0 Å². The lowest BCUT2D eigenvalue weighted by molar-refractivity contribution is 0.463. The van der Waals surface area contributed by atoms with Crippen molar-refractivity contribution in [2.24, 2.45) is 5.73 Å². The molecule has 2 atom stereocenters. The predicted molar refractivity (Wildman–Crippen MR) is 116 cm³/mol. The number of hydrogen-bond acceptors (Lipinski definition) is 3. The van der Waals surface area contributed by atoms with Crippen molar-refractivity contribution in [2.75, 3.05) is 0 Å². The number of hydrogen-bond donors (Lipinski definition) is 2. The van der Waals surface area contributed by atoms with E-state index in [4.69, 9.17) is 5.73 Å². The third-order valence-electron chi connectivity index (χ3n) is 6.28. The van der Waals surface area contributed by atoms with E-state index in [1.807, 2.05) is 18.2 Å². The van der Waals surface area contributed by atoms with Crippen molar-refractivity contribution in [1.82, 2.24) is 4.72 Å². The van der Waals surface area contributed by atoms with Gasteiger partial charge >= 0.3 is 0 Å². The van der Waals surface area contributed by atoms with Crippen molar-refractivity contribution in [2.45, 2.75) is 62.3 Å². The Bertz CT molecular complexity index is 1010. The van der Waals surface area contributed by atoms with Crippen LogP contribution in [-0.4, -0.2) is 19.7 Å². The summed E-state index contributed by atoms with van der Waals surface area (Å²) in [6, 6.07) is 9.88. The lowest BCUT2D eigenvalue weighted by Crippen LogP contribution is -2.38. The molecule has 8 heteroatoms. The molecule has 2 aliphatic carbocycles. The Balaban J connectivity index is 0.00000256. The molecule has 2 aliphatic rings. The Hall–Kier alpha value is -1.54. The maximum atomic E-state index is 13.6. The van der Waals surface area contributed by atoms with Gasteiger partial charge in [0, 0.05) is 18.5 Å². The maximum Gasteiger partial charge on any atom is 0.214 e. The van der Waals surface area contributed by atoms with Crippen molar-refractivity contribution < 1.29 is 17.2 Å². The zero-order valence-corrected chi connectivity index (χ0v) is 18.2. The number of halogens is 3. The number of rotatable bonds is 6. The smallest absolute Gasteiger partial charge is 0.214 e. The molecule has 3 N–H and O–H groups in total. The standard InChI is InChI=1S/C22H26F2N2O2S.ClH/c23-20-8-5-14(12-21(20)24)10-19-18-11-15(4-6-16(18)7-9-22(19)25)13-26-29(27,28)17-2-1-3-17;/h4-6,8,11-12,17,19,22,26H,1-3,7,9-10,13,25H2;1H. The van der Waals surface area contributed by atoms with E-state index in [1.165, 1.54) is 11.6 Å². The largest absolute Gasteiger partial charge is 0.327 e. The number of benzene rings is 2. The van der Waals surface area contributed by atoms with Crippen LogP contribution < -0.4 is 10.5 Å². The minimum Gasteiger partial charge on any atom is -0.327 e. The van der Waals surface area contributed by atoms with Crippen LogP contribution in [-0.2, 0) is 29.4 Å². The van der Waals surface area contributed by atoms with Crippen LogP contribution in [0.15, 0.2) is 36.4 Å². The van der Waals surface area contributed by atoms with Gasteiger partial charge in [0.05, 0.1) is 5.25 Å². The van der Waals surface area contributed by atoms with Gasteiger partial charge in [-0.25, -0.2) is 21.9 Å². The number of nitrogens with one attached hydrogen (secondary N) is 1. The van der Waals surface area contributed by atoms with Crippen molar-refractivity contribution in [3.8, 4) is 0 Å². The van der Waals surface area contributed by atoms with Crippen molar-refractivity contribution in [3.63, 3.8) is 0 Å². The zero-order chi connectivity index (χ0) is 20.6. The summed E-state index contributed by atoms with van der Waals surface area (Å²) in [4.78, 5) is 0. The fourth-order valence-electron chi connectivity index (χ4n) is 4.25. The quantitative estimate of drug-likeness (QED) is 0.691. The SMILES string of the molecule is Cl.NC1CCc2ccc(CNS(=O)(=O)C3CCC3)cc2C1Cc1ccc(F)c(F)c1. The van der Waals surface area contributed by atoms with Gasteiger partial charge in [-0.2, -0.15) is 0 Å². The van der Waals surface area contributed by atoms with Gasteiger partial charge in [-0.05, 0) is 66.5 Å². The van der Waals surface area contributed by atoms with Crippen molar-refractivity contribution >= 4 is 22.4 Å². The highest BCUT2D eigenvalue weighted by Gasteiger charge is 2.31. The third-order valence-corrected chi connectivity index (χ3v) is 8.18. The Kier molecular flexibility index (Phi) is 7.17. The molecule has 0 aromatic heterocycles. The molecule has 0 amide bonds. The van der Waals surface area contributed by atoms with E-state index in [0.29, 0.717) is 12.0 Å². The lowest BCUT2D eigenvalue weighted by atomic mass is 9.76. The summed E-state index contributed by atoms with van der Waals surface area (Å²) >= 11 is 0. The molecule has 0 aliphatic heterocycles. The minimum atomic E-state index is -3.28. The fraction of sp³-hybridized carbons (Fsp3) is 0.455. The molecule has 0 bridgehead atoms. The van der Waals surface area contributed by atoms with Gasteiger partial charge in [-0.1, -0.05) is 30.7 Å². The first-order valence-electron chi connectivity index (χ1n) is 10.1. The van der Waals surface area contributed by atoms with Crippen molar-refractivity contribution in [3.05, 3.63) is 70.3 Å². The van der Waals surface area contributed by atoms with E-state index in [0.717, 1.165) is 49.3 Å². The second-order valence-electron chi connectivity index (χ2n) is 8.21. The molecule has 2 unspecified atom stereocenters. The minimum absolute atomic E-state index is 0. The Morgan fingerprint density at radius 1 is 1.00 bits per heavy atom. The molecular formula is C22H27ClF2N2O2S. The Labute approximate surface area is 182 Å². The summed E-state index contributed by atoms with van der Waals surface area (Å²) in [5.41, 5.74) is 10.2. The van der Waals surface area contributed by atoms with Gasteiger partial charge in [0.15, 0.2) is 11.6 Å². The van der Waals surface area contributed by atoms with E-state index in [2.05, 4.69) is 4.72 Å². The topological polar surface area (TPSA) is 72.2 Å².